The topological polar surface area (TPSA) is 56.1 Å². The van der Waals surface area contributed by atoms with Crippen molar-refractivity contribution in [3.8, 4) is 6.07 Å². The largest absolute Gasteiger partial charge is 0.337 e. The van der Waals surface area contributed by atoms with Gasteiger partial charge < -0.3 is 5.32 Å². The third-order valence-electron chi connectivity index (χ3n) is 4.41. The summed E-state index contributed by atoms with van der Waals surface area (Å²) < 4.78 is 0. The fourth-order valence-electron chi connectivity index (χ4n) is 2.95. The van der Waals surface area contributed by atoms with Crippen molar-refractivity contribution in [3.05, 3.63) is 0 Å². The molecule has 106 valence electrons. The number of nitrogens with one attached hydrogen (secondary N) is 1. The summed E-state index contributed by atoms with van der Waals surface area (Å²) in [6, 6.07) is 2.73. The molecule has 0 spiro atoms. The number of carbonyl (C=O) groups is 1. The third kappa shape index (κ3) is 3.43. The van der Waals surface area contributed by atoms with Crippen LogP contribution in [0.4, 0.5) is 0 Å². The Morgan fingerprint density at radius 2 is 2.16 bits per heavy atom. The molecule has 4 nitrogen and oxygen atoms in total. The second-order valence-corrected chi connectivity index (χ2v) is 7.22. The maximum Gasteiger partial charge on any atom is 0.235 e. The first-order chi connectivity index (χ1) is 9.06. The molecule has 2 fully saturated rings. The number of hydrogen-bond acceptors (Lipinski definition) is 4. The summed E-state index contributed by atoms with van der Waals surface area (Å²) in [4.78, 5) is 14.4. The van der Waals surface area contributed by atoms with Gasteiger partial charge in [0.1, 0.15) is 5.54 Å². The molecule has 1 aliphatic heterocycles. The summed E-state index contributed by atoms with van der Waals surface area (Å²) in [5, 5.41) is 12.8. The summed E-state index contributed by atoms with van der Waals surface area (Å²) in [6.07, 6.45) is 3.69. The Kier molecular flexibility index (Phi) is 4.75. The molecule has 1 aliphatic carbocycles. The van der Waals surface area contributed by atoms with Crippen LogP contribution >= 0.6 is 11.8 Å². The summed E-state index contributed by atoms with van der Waals surface area (Å²) in [5.74, 6) is 1.09. The molecule has 0 bridgehead atoms. The van der Waals surface area contributed by atoms with Crippen molar-refractivity contribution in [2.24, 2.45) is 0 Å². The molecular formula is C14H23N3OS. The summed E-state index contributed by atoms with van der Waals surface area (Å²) in [5.41, 5.74) is -0.587. The number of amides is 1. The minimum atomic E-state index is -0.587. The Morgan fingerprint density at radius 1 is 1.47 bits per heavy atom. The van der Waals surface area contributed by atoms with Gasteiger partial charge in [-0.3, -0.25) is 9.69 Å². The molecule has 2 rings (SSSR count). The molecular weight excluding hydrogens is 258 g/mol. The Labute approximate surface area is 119 Å². The van der Waals surface area contributed by atoms with Gasteiger partial charge in [0.2, 0.25) is 5.91 Å². The lowest BCUT2D eigenvalue weighted by molar-refractivity contribution is -0.124. The summed E-state index contributed by atoms with van der Waals surface area (Å²) in [7, 11) is 0. The van der Waals surface area contributed by atoms with E-state index in [0.717, 1.165) is 38.0 Å². The monoisotopic (exact) mass is 281 g/mol. The number of thioether (sulfide) groups is 1. The van der Waals surface area contributed by atoms with Crippen molar-refractivity contribution < 1.29 is 4.79 Å². The van der Waals surface area contributed by atoms with Crippen LogP contribution in [0.2, 0.25) is 0 Å². The lowest BCUT2D eigenvalue weighted by Gasteiger charge is -2.37. The van der Waals surface area contributed by atoms with E-state index in [-0.39, 0.29) is 5.91 Å². The highest BCUT2D eigenvalue weighted by molar-refractivity contribution is 8.00. The van der Waals surface area contributed by atoms with Crippen LogP contribution in [-0.2, 0) is 4.79 Å². The molecule has 0 aromatic carbocycles. The Bertz CT molecular complexity index is 373. The highest BCUT2D eigenvalue weighted by Crippen LogP contribution is 2.29. The van der Waals surface area contributed by atoms with E-state index in [2.05, 4.69) is 30.1 Å². The first-order valence-corrected chi connectivity index (χ1v) is 8.19. The zero-order chi connectivity index (χ0) is 13.9. The Hall–Kier alpha value is -0.730. The molecule has 0 aromatic rings. The quantitative estimate of drug-likeness (QED) is 0.856. The van der Waals surface area contributed by atoms with Gasteiger partial charge >= 0.3 is 0 Å². The normalized spacial score (nSPS) is 30.8. The lowest BCUT2D eigenvalue weighted by atomic mass is 10.00. The minimum Gasteiger partial charge on any atom is -0.337 e. The average Bonchev–Trinajstić information content (AvgIpc) is 2.84. The van der Waals surface area contributed by atoms with Gasteiger partial charge in [0.05, 0.1) is 12.6 Å². The predicted octanol–water partition coefficient (Wildman–Crippen LogP) is 1.76. The van der Waals surface area contributed by atoms with Crippen molar-refractivity contribution in [1.82, 2.24) is 10.2 Å². The molecule has 19 heavy (non-hydrogen) atoms. The fourth-order valence-corrected chi connectivity index (χ4v) is 4.12. The number of carbonyl (C=O) groups excluding carboxylic acids is 1. The van der Waals surface area contributed by atoms with E-state index in [1.165, 1.54) is 0 Å². The van der Waals surface area contributed by atoms with Crippen LogP contribution in [-0.4, -0.2) is 46.5 Å². The number of rotatable bonds is 3. The standard InChI is InChI=1S/C14H23N3OS/c1-11-12(2)19-8-7-17(11)9-13(18)16-14(10-15)5-3-4-6-14/h11-12H,3-9H2,1-2H3,(H,16,18). The van der Waals surface area contributed by atoms with Crippen LogP contribution in [0.25, 0.3) is 0 Å². The Balaban J connectivity index is 1.89. The number of nitrogens with zero attached hydrogens (tertiary/aromatic N) is 2. The van der Waals surface area contributed by atoms with Crippen molar-refractivity contribution in [2.75, 3.05) is 18.8 Å². The van der Waals surface area contributed by atoms with Crippen LogP contribution in [0.1, 0.15) is 39.5 Å². The molecule has 0 aromatic heterocycles. The molecule has 1 heterocycles. The number of nitriles is 1. The molecule has 1 saturated carbocycles. The van der Waals surface area contributed by atoms with Crippen molar-refractivity contribution >= 4 is 17.7 Å². The van der Waals surface area contributed by atoms with E-state index in [9.17, 15) is 10.1 Å². The van der Waals surface area contributed by atoms with Crippen molar-refractivity contribution in [3.63, 3.8) is 0 Å². The molecule has 2 atom stereocenters. The first kappa shape index (κ1) is 14.7. The van der Waals surface area contributed by atoms with Gasteiger partial charge in [-0.1, -0.05) is 6.92 Å². The summed E-state index contributed by atoms with van der Waals surface area (Å²) >= 11 is 1.97. The van der Waals surface area contributed by atoms with Crippen LogP contribution in [0.15, 0.2) is 0 Å². The molecule has 1 saturated heterocycles. The van der Waals surface area contributed by atoms with Crippen LogP contribution in [0.5, 0.6) is 0 Å². The summed E-state index contributed by atoms with van der Waals surface area (Å²) in [6.45, 7) is 5.78. The predicted molar refractivity (Wildman–Crippen MR) is 77.9 cm³/mol. The third-order valence-corrected chi connectivity index (χ3v) is 5.75. The number of hydrogen-bond donors (Lipinski definition) is 1. The lowest BCUT2D eigenvalue weighted by Crippen LogP contribution is -2.53. The van der Waals surface area contributed by atoms with Gasteiger partial charge in [-0.05, 0) is 32.6 Å². The Morgan fingerprint density at radius 3 is 2.79 bits per heavy atom. The van der Waals surface area contributed by atoms with Crippen LogP contribution < -0.4 is 5.32 Å². The highest BCUT2D eigenvalue weighted by atomic mass is 32.2. The van der Waals surface area contributed by atoms with Crippen LogP contribution in [0.3, 0.4) is 0 Å². The van der Waals surface area contributed by atoms with E-state index in [1.54, 1.807) is 0 Å². The van der Waals surface area contributed by atoms with E-state index >= 15 is 0 Å². The van der Waals surface area contributed by atoms with Gasteiger partial charge in [0, 0.05) is 23.6 Å². The zero-order valence-electron chi connectivity index (χ0n) is 11.8. The fraction of sp³-hybridized carbons (Fsp3) is 0.857. The molecule has 1 N–H and O–H groups in total. The molecule has 2 aliphatic rings. The van der Waals surface area contributed by atoms with Gasteiger partial charge in [0.25, 0.3) is 0 Å². The molecule has 2 unspecified atom stereocenters. The zero-order valence-corrected chi connectivity index (χ0v) is 12.6. The molecule has 1 amide bonds. The van der Waals surface area contributed by atoms with Gasteiger partial charge in [-0.15, -0.1) is 0 Å². The maximum atomic E-state index is 12.2. The van der Waals surface area contributed by atoms with E-state index in [1.807, 2.05) is 11.8 Å². The van der Waals surface area contributed by atoms with E-state index in [4.69, 9.17) is 0 Å². The van der Waals surface area contributed by atoms with Crippen molar-refractivity contribution in [2.45, 2.75) is 56.4 Å². The second-order valence-electron chi connectivity index (χ2n) is 5.74. The van der Waals surface area contributed by atoms with Gasteiger partial charge in [-0.2, -0.15) is 17.0 Å². The van der Waals surface area contributed by atoms with Gasteiger partial charge in [0.15, 0.2) is 0 Å². The smallest absolute Gasteiger partial charge is 0.235 e. The first-order valence-electron chi connectivity index (χ1n) is 7.14. The molecule has 5 heteroatoms. The second kappa shape index (κ2) is 6.15. The SMILES string of the molecule is CC1SCCN(CC(=O)NC2(C#N)CCCC2)C1C. The van der Waals surface area contributed by atoms with Crippen LogP contribution in [0, 0.1) is 11.3 Å². The average molecular weight is 281 g/mol. The maximum absolute atomic E-state index is 12.2. The van der Waals surface area contributed by atoms with E-state index in [0.29, 0.717) is 17.8 Å². The highest BCUT2D eigenvalue weighted by Gasteiger charge is 2.36. The minimum absolute atomic E-state index is 0.00870. The van der Waals surface area contributed by atoms with Gasteiger partial charge in [-0.25, -0.2) is 0 Å². The molecule has 0 radical (unpaired) electrons. The van der Waals surface area contributed by atoms with Crippen molar-refractivity contribution in [1.29, 1.82) is 5.26 Å². The van der Waals surface area contributed by atoms with E-state index < -0.39 is 5.54 Å².